The summed E-state index contributed by atoms with van der Waals surface area (Å²) >= 11 is 6.36. The maximum atomic E-state index is 6.36. The highest BCUT2D eigenvalue weighted by molar-refractivity contribution is 6.21. The molecule has 1 aliphatic carbocycles. The molecule has 0 bridgehead atoms. The minimum atomic E-state index is 0.100. The zero-order chi connectivity index (χ0) is 11.2. The second kappa shape index (κ2) is 6.27. The average molecular weight is 238 g/mol. The molecule has 16 heavy (non-hydrogen) atoms. The molecule has 1 fully saturated rings. The third-order valence-corrected chi connectivity index (χ3v) is 3.76. The molecule has 0 aromatic heterocycles. The normalized spacial score (nSPS) is 19.6. The van der Waals surface area contributed by atoms with E-state index < -0.39 is 0 Å². The summed E-state index contributed by atoms with van der Waals surface area (Å²) in [6.45, 7) is 0.885. The van der Waals surface area contributed by atoms with Gasteiger partial charge in [0.2, 0.25) is 0 Å². The SMILES string of the molecule is Cl[C@H](CNC1CCCCC1)c1ccccc1. The number of alkyl halides is 1. The molecule has 88 valence electrons. The molecule has 0 radical (unpaired) electrons. The zero-order valence-electron chi connectivity index (χ0n) is 9.66. The summed E-state index contributed by atoms with van der Waals surface area (Å²) in [5.74, 6) is 0. The topological polar surface area (TPSA) is 12.0 Å². The van der Waals surface area contributed by atoms with E-state index in [1.54, 1.807) is 0 Å². The van der Waals surface area contributed by atoms with Crippen molar-refractivity contribution in [1.29, 1.82) is 0 Å². The molecule has 1 saturated carbocycles. The Kier molecular flexibility index (Phi) is 4.68. The van der Waals surface area contributed by atoms with Crippen LogP contribution in [-0.4, -0.2) is 12.6 Å². The van der Waals surface area contributed by atoms with E-state index in [9.17, 15) is 0 Å². The van der Waals surface area contributed by atoms with Crippen LogP contribution in [0.2, 0.25) is 0 Å². The van der Waals surface area contributed by atoms with Gasteiger partial charge in [0.25, 0.3) is 0 Å². The summed E-state index contributed by atoms with van der Waals surface area (Å²) in [6.07, 6.45) is 6.78. The Morgan fingerprint density at radius 3 is 2.50 bits per heavy atom. The highest BCUT2D eigenvalue weighted by Gasteiger charge is 2.14. The molecule has 1 aromatic rings. The van der Waals surface area contributed by atoms with Gasteiger partial charge in [0.15, 0.2) is 0 Å². The van der Waals surface area contributed by atoms with Gasteiger partial charge in [-0.25, -0.2) is 0 Å². The number of hydrogen-bond donors (Lipinski definition) is 1. The van der Waals surface area contributed by atoms with Crippen molar-refractivity contribution in [2.75, 3.05) is 6.54 Å². The molecule has 1 nitrogen and oxygen atoms in total. The fourth-order valence-electron chi connectivity index (χ4n) is 2.36. The Labute approximate surface area is 103 Å². The Morgan fingerprint density at radius 1 is 1.12 bits per heavy atom. The minimum Gasteiger partial charge on any atom is -0.312 e. The molecular formula is C14H20ClN. The zero-order valence-corrected chi connectivity index (χ0v) is 10.4. The number of benzene rings is 1. The van der Waals surface area contributed by atoms with Crippen molar-refractivity contribution in [3.05, 3.63) is 35.9 Å². The molecular weight excluding hydrogens is 218 g/mol. The molecule has 2 rings (SSSR count). The Hall–Kier alpha value is -0.530. The molecule has 0 unspecified atom stereocenters. The van der Waals surface area contributed by atoms with Gasteiger partial charge in [0, 0.05) is 12.6 Å². The fraction of sp³-hybridized carbons (Fsp3) is 0.571. The van der Waals surface area contributed by atoms with Crippen molar-refractivity contribution >= 4 is 11.6 Å². The largest absolute Gasteiger partial charge is 0.312 e. The van der Waals surface area contributed by atoms with Crippen molar-refractivity contribution in [1.82, 2.24) is 5.32 Å². The minimum absolute atomic E-state index is 0.100. The molecule has 0 heterocycles. The van der Waals surface area contributed by atoms with Crippen molar-refractivity contribution in [3.63, 3.8) is 0 Å². The van der Waals surface area contributed by atoms with Crippen molar-refractivity contribution in [2.45, 2.75) is 43.5 Å². The third kappa shape index (κ3) is 3.50. The molecule has 1 aliphatic rings. The van der Waals surface area contributed by atoms with Crippen LogP contribution >= 0.6 is 11.6 Å². The first-order valence-electron chi connectivity index (χ1n) is 6.28. The van der Waals surface area contributed by atoms with Gasteiger partial charge < -0.3 is 5.32 Å². The van der Waals surface area contributed by atoms with Gasteiger partial charge in [-0.15, -0.1) is 11.6 Å². The molecule has 2 heteroatoms. The van der Waals surface area contributed by atoms with Crippen LogP contribution in [0.25, 0.3) is 0 Å². The van der Waals surface area contributed by atoms with Crippen LogP contribution < -0.4 is 5.32 Å². The van der Waals surface area contributed by atoms with E-state index in [0.29, 0.717) is 6.04 Å². The fourth-order valence-corrected chi connectivity index (χ4v) is 2.59. The quantitative estimate of drug-likeness (QED) is 0.784. The maximum Gasteiger partial charge on any atom is 0.0709 e. The van der Waals surface area contributed by atoms with Crippen molar-refractivity contribution < 1.29 is 0 Å². The summed E-state index contributed by atoms with van der Waals surface area (Å²) in [5, 5.41) is 3.69. The molecule has 0 saturated heterocycles. The van der Waals surface area contributed by atoms with E-state index in [1.807, 2.05) is 18.2 Å². The van der Waals surface area contributed by atoms with Crippen LogP contribution in [0.5, 0.6) is 0 Å². The molecule has 0 aliphatic heterocycles. The van der Waals surface area contributed by atoms with E-state index in [4.69, 9.17) is 11.6 Å². The average Bonchev–Trinajstić information content (AvgIpc) is 2.38. The predicted octanol–water partition coefficient (Wildman–Crippen LogP) is 3.89. The maximum absolute atomic E-state index is 6.36. The molecule has 1 aromatic carbocycles. The number of halogens is 1. The lowest BCUT2D eigenvalue weighted by Gasteiger charge is -2.24. The first-order chi connectivity index (χ1) is 7.86. The summed E-state index contributed by atoms with van der Waals surface area (Å²) in [4.78, 5) is 0. The van der Waals surface area contributed by atoms with Crippen LogP contribution in [0.15, 0.2) is 30.3 Å². The van der Waals surface area contributed by atoms with Gasteiger partial charge in [-0.2, -0.15) is 0 Å². The summed E-state index contributed by atoms with van der Waals surface area (Å²) < 4.78 is 0. The Balaban J connectivity index is 1.77. The van der Waals surface area contributed by atoms with E-state index in [1.165, 1.54) is 37.7 Å². The first-order valence-corrected chi connectivity index (χ1v) is 6.72. The Morgan fingerprint density at radius 2 is 1.81 bits per heavy atom. The monoisotopic (exact) mass is 237 g/mol. The van der Waals surface area contributed by atoms with E-state index in [2.05, 4.69) is 17.4 Å². The van der Waals surface area contributed by atoms with Gasteiger partial charge in [0.1, 0.15) is 0 Å². The third-order valence-electron chi connectivity index (χ3n) is 3.35. The smallest absolute Gasteiger partial charge is 0.0709 e. The van der Waals surface area contributed by atoms with Crippen LogP contribution in [0, 0.1) is 0 Å². The second-order valence-corrected chi connectivity index (χ2v) is 5.15. The van der Waals surface area contributed by atoms with Gasteiger partial charge in [-0.1, -0.05) is 49.6 Å². The van der Waals surface area contributed by atoms with Crippen LogP contribution in [0.1, 0.15) is 43.0 Å². The molecule has 1 N–H and O–H groups in total. The van der Waals surface area contributed by atoms with E-state index >= 15 is 0 Å². The van der Waals surface area contributed by atoms with Gasteiger partial charge >= 0.3 is 0 Å². The highest BCUT2D eigenvalue weighted by atomic mass is 35.5. The van der Waals surface area contributed by atoms with Crippen molar-refractivity contribution in [3.8, 4) is 0 Å². The summed E-state index contributed by atoms with van der Waals surface area (Å²) in [7, 11) is 0. The van der Waals surface area contributed by atoms with Crippen LogP contribution in [0.4, 0.5) is 0 Å². The first kappa shape index (κ1) is 11.9. The van der Waals surface area contributed by atoms with E-state index in [0.717, 1.165) is 6.54 Å². The Bertz CT molecular complexity index is 293. The molecule has 1 atom stereocenters. The van der Waals surface area contributed by atoms with E-state index in [-0.39, 0.29) is 5.38 Å². The lowest BCUT2D eigenvalue weighted by atomic mass is 9.95. The number of rotatable bonds is 4. The van der Waals surface area contributed by atoms with Gasteiger partial charge in [-0.3, -0.25) is 0 Å². The van der Waals surface area contributed by atoms with Crippen molar-refractivity contribution in [2.24, 2.45) is 0 Å². The standard InChI is InChI=1S/C14H20ClN/c15-14(12-7-3-1-4-8-12)11-16-13-9-5-2-6-10-13/h1,3-4,7-8,13-14,16H,2,5-6,9-11H2/t14-/m1/s1. The lowest BCUT2D eigenvalue weighted by Crippen LogP contribution is -2.33. The highest BCUT2D eigenvalue weighted by Crippen LogP contribution is 2.21. The number of hydrogen-bond acceptors (Lipinski definition) is 1. The summed E-state index contributed by atoms with van der Waals surface area (Å²) in [5.41, 5.74) is 1.22. The van der Waals surface area contributed by atoms with Gasteiger partial charge in [0.05, 0.1) is 5.38 Å². The molecule has 0 spiro atoms. The van der Waals surface area contributed by atoms with Gasteiger partial charge in [-0.05, 0) is 18.4 Å². The predicted molar refractivity (Wildman–Crippen MR) is 69.9 cm³/mol. The summed E-state index contributed by atoms with van der Waals surface area (Å²) in [6, 6.07) is 11.0. The van der Waals surface area contributed by atoms with Crippen LogP contribution in [0.3, 0.4) is 0 Å². The second-order valence-electron chi connectivity index (χ2n) is 4.62. The number of nitrogens with one attached hydrogen (secondary N) is 1. The van der Waals surface area contributed by atoms with Crippen LogP contribution in [-0.2, 0) is 0 Å². The molecule has 0 amide bonds. The lowest BCUT2D eigenvalue weighted by molar-refractivity contribution is 0.374.